The molecule has 1 unspecified atom stereocenters. The highest BCUT2D eigenvalue weighted by molar-refractivity contribution is 8.00. The van der Waals surface area contributed by atoms with Gasteiger partial charge in [0.1, 0.15) is 0 Å². The minimum Gasteiger partial charge on any atom is -0.493 e. The lowest BCUT2D eigenvalue weighted by molar-refractivity contribution is -0.136. The van der Waals surface area contributed by atoms with Crippen LogP contribution in [0.4, 0.5) is 0 Å². The molecule has 5 heteroatoms. The third-order valence-electron chi connectivity index (χ3n) is 3.37. The highest BCUT2D eigenvalue weighted by Gasteiger charge is 2.17. The van der Waals surface area contributed by atoms with Crippen molar-refractivity contribution in [1.29, 1.82) is 0 Å². The zero-order valence-electron chi connectivity index (χ0n) is 13.2. The van der Waals surface area contributed by atoms with E-state index in [0.29, 0.717) is 17.9 Å². The predicted octanol–water partition coefficient (Wildman–Crippen LogP) is 3.88. The van der Waals surface area contributed by atoms with Gasteiger partial charge in [-0.3, -0.25) is 4.79 Å². The van der Waals surface area contributed by atoms with E-state index in [9.17, 15) is 4.79 Å². The van der Waals surface area contributed by atoms with Crippen molar-refractivity contribution in [2.24, 2.45) is 0 Å². The molecule has 0 bridgehead atoms. The molecule has 4 nitrogen and oxygen atoms in total. The summed E-state index contributed by atoms with van der Waals surface area (Å²) in [4.78, 5) is 12.1. The largest absolute Gasteiger partial charge is 0.493 e. The van der Waals surface area contributed by atoms with E-state index in [4.69, 9.17) is 14.6 Å². The fraction of sp³-hybridized carbons (Fsp3) is 0.278. The second-order valence-electron chi connectivity index (χ2n) is 5.04. The van der Waals surface area contributed by atoms with E-state index in [1.807, 2.05) is 48.5 Å². The molecule has 2 rings (SSSR count). The van der Waals surface area contributed by atoms with Crippen molar-refractivity contribution in [2.75, 3.05) is 14.2 Å². The Morgan fingerprint density at radius 1 is 1.09 bits per heavy atom. The van der Waals surface area contributed by atoms with Crippen LogP contribution in [0.5, 0.6) is 11.5 Å². The summed E-state index contributed by atoms with van der Waals surface area (Å²) < 4.78 is 10.5. The maximum Gasteiger partial charge on any atom is 0.304 e. The summed E-state index contributed by atoms with van der Waals surface area (Å²) in [6.45, 7) is 0. The smallest absolute Gasteiger partial charge is 0.304 e. The Balaban J connectivity index is 2.15. The first-order chi connectivity index (χ1) is 11.1. The first-order valence-corrected chi connectivity index (χ1v) is 8.14. The van der Waals surface area contributed by atoms with Crippen LogP contribution >= 0.6 is 11.8 Å². The monoisotopic (exact) mass is 332 g/mol. The van der Waals surface area contributed by atoms with Crippen molar-refractivity contribution < 1.29 is 19.4 Å². The zero-order chi connectivity index (χ0) is 16.7. The third-order valence-corrected chi connectivity index (χ3v) is 4.56. The van der Waals surface area contributed by atoms with Crippen LogP contribution in [0, 0.1) is 0 Å². The molecule has 0 saturated carbocycles. The van der Waals surface area contributed by atoms with Crippen molar-refractivity contribution in [3.63, 3.8) is 0 Å². The summed E-state index contributed by atoms with van der Waals surface area (Å²) in [6, 6.07) is 15.6. The van der Waals surface area contributed by atoms with E-state index in [0.717, 1.165) is 10.5 Å². The number of methoxy groups -OCH3 is 2. The Kier molecular flexibility index (Phi) is 6.35. The molecule has 1 N–H and O–H groups in total. The number of carboxylic acid groups (broad SMARTS) is 1. The van der Waals surface area contributed by atoms with Crippen molar-refractivity contribution in [3.8, 4) is 11.5 Å². The van der Waals surface area contributed by atoms with Gasteiger partial charge in [-0.15, -0.1) is 11.8 Å². The van der Waals surface area contributed by atoms with E-state index in [1.165, 1.54) is 0 Å². The van der Waals surface area contributed by atoms with Crippen LogP contribution in [0.1, 0.15) is 12.0 Å². The van der Waals surface area contributed by atoms with Crippen LogP contribution in [0.15, 0.2) is 53.4 Å². The fourth-order valence-corrected chi connectivity index (χ4v) is 3.52. The average Bonchev–Trinajstić information content (AvgIpc) is 2.55. The fourth-order valence-electron chi connectivity index (χ4n) is 2.31. The number of thioether (sulfide) groups is 1. The summed E-state index contributed by atoms with van der Waals surface area (Å²) in [5, 5.41) is 9.12. The Hall–Kier alpha value is -2.14. The highest BCUT2D eigenvalue weighted by atomic mass is 32.2. The van der Waals surface area contributed by atoms with Crippen LogP contribution in [0.3, 0.4) is 0 Å². The number of aliphatic carboxylic acids is 1. The number of carboxylic acids is 1. The van der Waals surface area contributed by atoms with Gasteiger partial charge in [-0.25, -0.2) is 0 Å². The Morgan fingerprint density at radius 3 is 2.39 bits per heavy atom. The molecule has 1 atom stereocenters. The van der Waals surface area contributed by atoms with Gasteiger partial charge in [0.05, 0.1) is 20.6 Å². The molecule has 0 amide bonds. The number of hydrogen-bond donors (Lipinski definition) is 1. The van der Waals surface area contributed by atoms with Gasteiger partial charge in [-0.05, 0) is 30.2 Å². The average molecular weight is 332 g/mol. The standard InChI is InChI=1S/C18H20O4S/c1-21-16-9-8-14(11-17(16)22-2)23-15(12-18(19)20)10-13-6-4-3-5-7-13/h3-9,11,15H,10,12H2,1-2H3,(H,19,20). The normalized spacial score (nSPS) is 11.7. The lowest BCUT2D eigenvalue weighted by atomic mass is 10.1. The summed E-state index contributed by atoms with van der Waals surface area (Å²) in [5.74, 6) is 0.514. The van der Waals surface area contributed by atoms with E-state index in [2.05, 4.69) is 0 Å². The summed E-state index contributed by atoms with van der Waals surface area (Å²) in [7, 11) is 3.18. The van der Waals surface area contributed by atoms with Gasteiger partial charge in [-0.2, -0.15) is 0 Å². The van der Waals surface area contributed by atoms with Crippen LogP contribution in [0.2, 0.25) is 0 Å². The van der Waals surface area contributed by atoms with Gasteiger partial charge < -0.3 is 14.6 Å². The Morgan fingerprint density at radius 2 is 1.78 bits per heavy atom. The topological polar surface area (TPSA) is 55.8 Å². The second-order valence-corrected chi connectivity index (χ2v) is 6.42. The van der Waals surface area contributed by atoms with E-state index in [1.54, 1.807) is 26.0 Å². The van der Waals surface area contributed by atoms with Gasteiger partial charge in [0, 0.05) is 10.1 Å². The molecule has 23 heavy (non-hydrogen) atoms. The van der Waals surface area contributed by atoms with Crippen molar-refractivity contribution in [3.05, 3.63) is 54.1 Å². The van der Waals surface area contributed by atoms with Crippen molar-refractivity contribution in [1.82, 2.24) is 0 Å². The quantitative estimate of drug-likeness (QED) is 0.744. The van der Waals surface area contributed by atoms with Gasteiger partial charge in [0.15, 0.2) is 11.5 Å². The molecule has 122 valence electrons. The molecule has 0 aliphatic heterocycles. The maximum absolute atomic E-state index is 11.2. The highest BCUT2D eigenvalue weighted by Crippen LogP contribution is 2.35. The molecule has 0 spiro atoms. The third kappa shape index (κ3) is 5.21. The molecule has 0 saturated heterocycles. The van der Waals surface area contributed by atoms with Gasteiger partial charge >= 0.3 is 5.97 Å². The van der Waals surface area contributed by atoms with E-state index >= 15 is 0 Å². The first kappa shape index (κ1) is 17.2. The minimum atomic E-state index is -0.793. The number of ether oxygens (including phenoxy) is 2. The van der Waals surface area contributed by atoms with Crippen LogP contribution in [0.25, 0.3) is 0 Å². The number of benzene rings is 2. The lowest BCUT2D eigenvalue weighted by Crippen LogP contribution is -2.13. The van der Waals surface area contributed by atoms with Crippen LogP contribution < -0.4 is 9.47 Å². The van der Waals surface area contributed by atoms with Crippen molar-refractivity contribution in [2.45, 2.75) is 23.0 Å². The van der Waals surface area contributed by atoms with Gasteiger partial charge in [-0.1, -0.05) is 30.3 Å². The predicted molar refractivity (Wildman–Crippen MR) is 91.6 cm³/mol. The molecule has 2 aromatic rings. The van der Waals surface area contributed by atoms with Gasteiger partial charge in [0.2, 0.25) is 0 Å². The molecular formula is C18H20O4S. The second kappa shape index (κ2) is 8.48. The lowest BCUT2D eigenvalue weighted by Gasteiger charge is -2.16. The summed E-state index contributed by atoms with van der Waals surface area (Å²) >= 11 is 1.54. The molecule has 0 radical (unpaired) electrons. The molecule has 0 aromatic heterocycles. The number of hydrogen-bond acceptors (Lipinski definition) is 4. The molecule has 0 aliphatic carbocycles. The SMILES string of the molecule is COc1ccc(SC(CC(=O)O)Cc2ccccc2)cc1OC. The Bertz CT molecular complexity index is 643. The Labute approximate surface area is 140 Å². The van der Waals surface area contributed by atoms with E-state index in [-0.39, 0.29) is 11.7 Å². The first-order valence-electron chi connectivity index (χ1n) is 7.26. The van der Waals surface area contributed by atoms with Crippen LogP contribution in [-0.4, -0.2) is 30.5 Å². The summed E-state index contributed by atoms with van der Waals surface area (Å²) in [6.07, 6.45) is 0.806. The summed E-state index contributed by atoms with van der Waals surface area (Å²) in [5.41, 5.74) is 1.13. The zero-order valence-corrected chi connectivity index (χ0v) is 14.0. The van der Waals surface area contributed by atoms with Crippen LogP contribution in [-0.2, 0) is 11.2 Å². The molecule has 0 heterocycles. The van der Waals surface area contributed by atoms with E-state index < -0.39 is 5.97 Å². The van der Waals surface area contributed by atoms with Gasteiger partial charge in [0.25, 0.3) is 0 Å². The molecule has 2 aromatic carbocycles. The van der Waals surface area contributed by atoms with Crippen molar-refractivity contribution >= 4 is 17.7 Å². The maximum atomic E-state index is 11.2. The number of rotatable bonds is 8. The molecule has 0 fully saturated rings. The number of carbonyl (C=O) groups is 1. The molecule has 0 aliphatic rings. The molecular weight excluding hydrogens is 312 g/mol. The minimum absolute atomic E-state index is 0.0481.